The van der Waals surface area contributed by atoms with Crippen molar-refractivity contribution < 1.29 is 9.18 Å². The van der Waals surface area contributed by atoms with Crippen molar-refractivity contribution in [3.05, 3.63) is 83.1 Å². The molecular formula is C27H24FN3O. The van der Waals surface area contributed by atoms with Crippen LogP contribution in [0.5, 0.6) is 0 Å². The van der Waals surface area contributed by atoms with Gasteiger partial charge in [-0.05, 0) is 79.0 Å². The van der Waals surface area contributed by atoms with Crippen LogP contribution in [0.1, 0.15) is 48.9 Å². The van der Waals surface area contributed by atoms with Gasteiger partial charge < -0.3 is 0 Å². The standard InChI is InChI=1S/C27H24FN3O/c1-16(27(32)13-23-4-2-17(14-29)15-31-23)18-8-19-10-21(11-20(19)9-18)24-6-7-30-26-5-3-22(28)12-25(24)26/h2-8,12,15-16,19-21H,9-11,13H2,1H3/t16?,19-,20+,21+/m0/s1. The van der Waals surface area contributed by atoms with E-state index in [0.717, 1.165) is 30.2 Å². The molecule has 1 unspecified atom stereocenters. The molecule has 0 saturated heterocycles. The molecule has 1 aromatic carbocycles. The lowest BCUT2D eigenvalue weighted by Gasteiger charge is -2.16. The van der Waals surface area contributed by atoms with Crippen LogP contribution in [-0.4, -0.2) is 15.8 Å². The molecule has 1 saturated carbocycles. The molecule has 4 nitrogen and oxygen atoms in total. The normalized spacial score (nSPS) is 22.9. The number of rotatable bonds is 5. The zero-order valence-electron chi connectivity index (χ0n) is 18.0. The van der Waals surface area contributed by atoms with Gasteiger partial charge in [0.1, 0.15) is 17.7 Å². The molecule has 2 aliphatic carbocycles. The van der Waals surface area contributed by atoms with Crippen molar-refractivity contribution in [2.75, 3.05) is 0 Å². The summed E-state index contributed by atoms with van der Waals surface area (Å²) in [5.41, 5.74) is 4.47. The lowest BCUT2D eigenvalue weighted by molar-refractivity contribution is -0.120. The van der Waals surface area contributed by atoms with Crippen LogP contribution in [0.4, 0.5) is 4.39 Å². The summed E-state index contributed by atoms with van der Waals surface area (Å²) in [5.74, 6) is 1.22. The van der Waals surface area contributed by atoms with Crippen molar-refractivity contribution in [2.45, 2.75) is 38.5 Å². The molecule has 0 radical (unpaired) electrons. The van der Waals surface area contributed by atoms with E-state index in [1.165, 1.54) is 23.4 Å². The highest BCUT2D eigenvalue weighted by Crippen LogP contribution is 2.51. The van der Waals surface area contributed by atoms with Crippen LogP contribution in [0.3, 0.4) is 0 Å². The Kier molecular flexibility index (Phi) is 5.30. The molecule has 5 rings (SSSR count). The van der Waals surface area contributed by atoms with E-state index in [9.17, 15) is 9.18 Å². The van der Waals surface area contributed by atoms with E-state index in [-0.39, 0.29) is 23.9 Å². The number of nitrogens with zero attached hydrogens (tertiary/aromatic N) is 3. The Morgan fingerprint density at radius 2 is 2.09 bits per heavy atom. The molecule has 0 N–H and O–H groups in total. The van der Waals surface area contributed by atoms with Gasteiger partial charge in [-0.3, -0.25) is 14.8 Å². The fourth-order valence-electron chi connectivity index (χ4n) is 5.45. The van der Waals surface area contributed by atoms with Crippen LogP contribution < -0.4 is 0 Å². The Morgan fingerprint density at radius 1 is 1.22 bits per heavy atom. The summed E-state index contributed by atoms with van der Waals surface area (Å²) in [6.45, 7) is 2.00. The first-order valence-electron chi connectivity index (χ1n) is 11.1. The maximum absolute atomic E-state index is 13.9. The molecule has 160 valence electrons. The molecule has 2 aliphatic rings. The van der Waals surface area contributed by atoms with Crippen molar-refractivity contribution in [3.63, 3.8) is 0 Å². The van der Waals surface area contributed by atoms with Gasteiger partial charge in [0, 0.05) is 35.8 Å². The number of allylic oxidation sites excluding steroid dienone is 2. The van der Waals surface area contributed by atoms with Crippen LogP contribution in [-0.2, 0) is 11.2 Å². The highest BCUT2D eigenvalue weighted by atomic mass is 19.1. The monoisotopic (exact) mass is 425 g/mol. The molecule has 5 heteroatoms. The number of aromatic nitrogens is 2. The smallest absolute Gasteiger partial charge is 0.145 e. The molecule has 3 aromatic rings. The van der Waals surface area contributed by atoms with Crippen molar-refractivity contribution in [1.82, 2.24) is 9.97 Å². The predicted octanol–water partition coefficient (Wildman–Crippen LogP) is 5.53. The molecule has 1 fully saturated rings. The molecule has 2 aromatic heterocycles. The van der Waals surface area contributed by atoms with Gasteiger partial charge in [0.2, 0.25) is 0 Å². The topological polar surface area (TPSA) is 66.6 Å². The van der Waals surface area contributed by atoms with E-state index >= 15 is 0 Å². The Bertz CT molecular complexity index is 1260. The molecule has 4 atom stereocenters. The van der Waals surface area contributed by atoms with E-state index in [2.05, 4.69) is 16.0 Å². The second-order valence-electron chi connectivity index (χ2n) is 9.11. The fraction of sp³-hybridized carbons (Fsp3) is 0.333. The van der Waals surface area contributed by atoms with E-state index in [1.54, 1.807) is 24.3 Å². The zero-order valence-corrected chi connectivity index (χ0v) is 18.0. The highest BCUT2D eigenvalue weighted by molar-refractivity contribution is 5.85. The van der Waals surface area contributed by atoms with E-state index in [4.69, 9.17) is 5.26 Å². The number of Topliss-reactive ketones (excluding diaryl/α,β-unsaturated/α-hetero) is 1. The largest absolute Gasteiger partial charge is 0.299 e. The van der Waals surface area contributed by atoms with Gasteiger partial charge in [-0.2, -0.15) is 5.26 Å². The molecule has 0 bridgehead atoms. The van der Waals surface area contributed by atoms with Gasteiger partial charge >= 0.3 is 0 Å². The van der Waals surface area contributed by atoms with Crippen LogP contribution in [0.25, 0.3) is 10.9 Å². The molecular weight excluding hydrogens is 401 g/mol. The summed E-state index contributed by atoms with van der Waals surface area (Å²) < 4.78 is 13.9. The molecule has 2 heterocycles. The average Bonchev–Trinajstić information content (AvgIpc) is 3.38. The fourth-order valence-corrected chi connectivity index (χ4v) is 5.45. The van der Waals surface area contributed by atoms with Crippen molar-refractivity contribution in [3.8, 4) is 6.07 Å². The number of nitriles is 1. The third kappa shape index (κ3) is 3.82. The van der Waals surface area contributed by atoms with Crippen LogP contribution in [0.2, 0.25) is 0 Å². The van der Waals surface area contributed by atoms with Crippen LogP contribution >= 0.6 is 0 Å². The second-order valence-corrected chi connectivity index (χ2v) is 9.11. The quantitative estimate of drug-likeness (QED) is 0.504. The summed E-state index contributed by atoms with van der Waals surface area (Å²) in [4.78, 5) is 21.5. The minimum absolute atomic E-state index is 0.118. The van der Waals surface area contributed by atoms with E-state index in [0.29, 0.717) is 29.0 Å². The van der Waals surface area contributed by atoms with Crippen molar-refractivity contribution in [2.24, 2.45) is 17.8 Å². The minimum Gasteiger partial charge on any atom is -0.299 e. The van der Waals surface area contributed by atoms with Crippen LogP contribution in [0, 0.1) is 34.9 Å². The van der Waals surface area contributed by atoms with Gasteiger partial charge in [-0.1, -0.05) is 18.6 Å². The number of pyridine rings is 2. The first-order valence-corrected chi connectivity index (χ1v) is 11.1. The summed E-state index contributed by atoms with van der Waals surface area (Å²) in [7, 11) is 0. The van der Waals surface area contributed by atoms with Gasteiger partial charge in [-0.15, -0.1) is 0 Å². The summed E-state index contributed by atoms with van der Waals surface area (Å²) in [5, 5.41) is 9.81. The zero-order chi connectivity index (χ0) is 22.2. The molecule has 32 heavy (non-hydrogen) atoms. The maximum Gasteiger partial charge on any atom is 0.145 e. The number of fused-ring (bicyclic) bond motifs is 2. The third-order valence-electron chi connectivity index (χ3n) is 7.20. The van der Waals surface area contributed by atoms with Crippen LogP contribution in [0.15, 0.2) is 60.4 Å². The molecule has 0 aliphatic heterocycles. The summed E-state index contributed by atoms with van der Waals surface area (Å²) in [6, 6.07) is 12.4. The highest BCUT2D eigenvalue weighted by Gasteiger charge is 2.40. The minimum atomic E-state index is -0.226. The van der Waals surface area contributed by atoms with E-state index in [1.807, 2.05) is 25.3 Å². The summed E-state index contributed by atoms with van der Waals surface area (Å²) >= 11 is 0. The Balaban J connectivity index is 1.28. The summed E-state index contributed by atoms with van der Waals surface area (Å²) in [6.07, 6.45) is 8.98. The van der Waals surface area contributed by atoms with Gasteiger partial charge in [0.05, 0.1) is 11.1 Å². The number of carbonyl (C=O) groups excluding carboxylic acids is 1. The Hall–Kier alpha value is -3.39. The molecule has 0 amide bonds. The van der Waals surface area contributed by atoms with Gasteiger partial charge in [-0.25, -0.2) is 4.39 Å². The Labute approximate surface area is 186 Å². The maximum atomic E-state index is 13.9. The number of halogens is 1. The lowest BCUT2D eigenvalue weighted by Crippen LogP contribution is -2.16. The van der Waals surface area contributed by atoms with E-state index < -0.39 is 0 Å². The number of ketones is 1. The van der Waals surface area contributed by atoms with Crippen molar-refractivity contribution >= 4 is 16.7 Å². The second kappa shape index (κ2) is 8.27. The first kappa shape index (κ1) is 20.5. The number of carbonyl (C=O) groups is 1. The predicted molar refractivity (Wildman–Crippen MR) is 120 cm³/mol. The lowest BCUT2D eigenvalue weighted by atomic mass is 9.88. The Morgan fingerprint density at radius 3 is 2.84 bits per heavy atom. The van der Waals surface area contributed by atoms with Gasteiger partial charge in [0.15, 0.2) is 0 Å². The third-order valence-corrected chi connectivity index (χ3v) is 7.20. The van der Waals surface area contributed by atoms with Gasteiger partial charge in [0.25, 0.3) is 0 Å². The number of hydrogen-bond acceptors (Lipinski definition) is 4. The number of benzene rings is 1. The molecule has 0 spiro atoms. The SMILES string of the molecule is CC(C(=O)Cc1ccc(C#N)cn1)C1=C[C@H]2C[C@@H](c3ccnc4ccc(F)cc34)C[C@H]2C1. The van der Waals surface area contributed by atoms with Crippen molar-refractivity contribution in [1.29, 1.82) is 5.26 Å². The average molecular weight is 426 g/mol. The first-order chi connectivity index (χ1) is 15.5. The number of hydrogen-bond donors (Lipinski definition) is 0.